The Bertz CT molecular complexity index is 1160. The number of sulfone groups is 1. The largest absolute Gasteiger partial charge is 0.501 e. The van der Waals surface area contributed by atoms with Gasteiger partial charge in [-0.2, -0.15) is 18.2 Å². The zero-order valence-corrected chi connectivity index (χ0v) is 16.8. The number of alkyl halides is 3. The van der Waals surface area contributed by atoms with Crippen LogP contribution in [0.25, 0.3) is 11.4 Å². The van der Waals surface area contributed by atoms with Crippen LogP contribution in [0, 0.1) is 5.82 Å². The predicted molar refractivity (Wildman–Crippen MR) is 104 cm³/mol. The minimum absolute atomic E-state index is 0.103. The molecule has 1 fully saturated rings. The van der Waals surface area contributed by atoms with Gasteiger partial charge in [-0.25, -0.2) is 12.8 Å². The Morgan fingerprint density at radius 3 is 2.35 bits per heavy atom. The summed E-state index contributed by atoms with van der Waals surface area (Å²) in [5.74, 6) is 0.285. The monoisotopic (exact) mass is 455 g/mol. The summed E-state index contributed by atoms with van der Waals surface area (Å²) in [7, 11) is -5.38. The van der Waals surface area contributed by atoms with E-state index in [1.807, 2.05) is 4.90 Å². The van der Waals surface area contributed by atoms with Gasteiger partial charge in [0.15, 0.2) is 0 Å². The Balaban J connectivity index is 1.50. The molecule has 11 heteroatoms. The maximum absolute atomic E-state index is 13.1. The van der Waals surface area contributed by atoms with Gasteiger partial charge in [-0.3, -0.25) is 0 Å². The highest BCUT2D eigenvalue weighted by Crippen LogP contribution is 2.33. The van der Waals surface area contributed by atoms with Crippen LogP contribution in [-0.4, -0.2) is 37.2 Å². The van der Waals surface area contributed by atoms with E-state index in [2.05, 4.69) is 10.1 Å². The van der Waals surface area contributed by atoms with E-state index in [9.17, 15) is 26.0 Å². The number of halogens is 4. The van der Waals surface area contributed by atoms with Gasteiger partial charge in [0.25, 0.3) is 9.84 Å². The molecule has 1 aromatic heterocycles. The topological polar surface area (TPSA) is 76.3 Å². The van der Waals surface area contributed by atoms with Crippen LogP contribution in [0.5, 0.6) is 0 Å². The summed E-state index contributed by atoms with van der Waals surface area (Å²) in [5, 5.41) is 3.95. The van der Waals surface area contributed by atoms with Crippen LogP contribution in [0.1, 0.15) is 24.7 Å². The van der Waals surface area contributed by atoms with E-state index in [0.717, 1.165) is 25.0 Å². The molecule has 0 radical (unpaired) electrons. The predicted octanol–water partition coefficient (Wildman–Crippen LogP) is 4.55. The van der Waals surface area contributed by atoms with Crippen molar-refractivity contribution in [2.45, 2.75) is 29.2 Å². The van der Waals surface area contributed by atoms with Crippen LogP contribution in [0.3, 0.4) is 0 Å². The maximum Gasteiger partial charge on any atom is 0.501 e. The molecule has 0 saturated carbocycles. The molecule has 3 aromatic rings. The van der Waals surface area contributed by atoms with Gasteiger partial charge in [-0.15, -0.1) is 0 Å². The van der Waals surface area contributed by atoms with Crippen LogP contribution in [0.2, 0.25) is 0 Å². The molecule has 0 N–H and O–H groups in total. The van der Waals surface area contributed by atoms with Gasteiger partial charge in [-0.05, 0) is 61.4 Å². The third kappa shape index (κ3) is 4.27. The first-order valence-corrected chi connectivity index (χ1v) is 10.9. The molecule has 1 atom stereocenters. The highest BCUT2D eigenvalue weighted by molar-refractivity contribution is 7.92. The van der Waals surface area contributed by atoms with Crippen molar-refractivity contribution >= 4 is 15.5 Å². The van der Waals surface area contributed by atoms with Crippen LogP contribution in [0.4, 0.5) is 23.2 Å². The Morgan fingerprint density at radius 2 is 1.71 bits per heavy atom. The molecule has 1 unspecified atom stereocenters. The first-order valence-electron chi connectivity index (χ1n) is 9.41. The third-order valence-electron chi connectivity index (χ3n) is 5.13. The van der Waals surface area contributed by atoms with E-state index >= 15 is 0 Å². The minimum atomic E-state index is -5.38. The van der Waals surface area contributed by atoms with Crippen LogP contribution < -0.4 is 4.90 Å². The zero-order chi connectivity index (χ0) is 22.2. The summed E-state index contributed by atoms with van der Waals surface area (Å²) in [6, 6.07) is 10.3. The number of anilines is 1. The molecular formula is C20H17F4N3O3S. The van der Waals surface area contributed by atoms with Gasteiger partial charge in [0.1, 0.15) is 5.82 Å². The Labute approximate surface area is 175 Å². The van der Waals surface area contributed by atoms with Crippen molar-refractivity contribution in [3.63, 3.8) is 0 Å². The zero-order valence-electron chi connectivity index (χ0n) is 16.0. The van der Waals surface area contributed by atoms with Crippen LogP contribution in [0.15, 0.2) is 57.9 Å². The average Bonchev–Trinajstić information content (AvgIpc) is 3.24. The molecule has 0 spiro atoms. The van der Waals surface area contributed by atoms with Gasteiger partial charge in [0.05, 0.1) is 10.8 Å². The summed E-state index contributed by atoms with van der Waals surface area (Å²) in [4.78, 5) is 5.54. The van der Waals surface area contributed by atoms with Gasteiger partial charge in [0.2, 0.25) is 11.7 Å². The highest BCUT2D eigenvalue weighted by Gasteiger charge is 2.46. The molecule has 1 saturated heterocycles. The van der Waals surface area contributed by atoms with Crippen molar-refractivity contribution in [2.75, 3.05) is 18.0 Å². The minimum Gasteiger partial charge on any atom is -0.371 e. The summed E-state index contributed by atoms with van der Waals surface area (Å²) >= 11 is 0. The molecule has 164 valence electrons. The standard InChI is InChI=1S/C20H17F4N3O3S/c21-15-5-3-13(4-6-15)18-25-19(30-26-18)14-2-1-11-27(12-14)16-7-9-17(10-8-16)31(28,29)20(22,23)24/h3-10,14H,1-2,11-12H2. The molecule has 2 heterocycles. The summed E-state index contributed by atoms with van der Waals surface area (Å²) in [6.45, 7) is 1.14. The van der Waals surface area contributed by atoms with Crippen molar-refractivity contribution in [3.8, 4) is 11.4 Å². The Morgan fingerprint density at radius 1 is 1.03 bits per heavy atom. The molecule has 4 rings (SSSR count). The second-order valence-corrected chi connectivity index (χ2v) is 9.13. The van der Waals surface area contributed by atoms with Gasteiger partial charge in [-0.1, -0.05) is 5.16 Å². The first kappa shape index (κ1) is 21.3. The number of nitrogens with zero attached hydrogens (tertiary/aromatic N) is 3. The van der Waals surface area contributed by atoms with Crippen molar-refractivity contribution in [3.05, 3.63) is 60.2 Å². The molecule has 0 aliphatic carbocycles. The molecule has 0 amide bonds. The molecule has 6 nitrogen and oxygen atoms in total. The molecular weight excluding hydrogens is 438 g/mol. The number of rotatable bonds is 4. The number of aromatic nitrogens is 2. The van der Waals surface area contributed by atoms with Crippen molar-refractivity contribution < 1.29 is 30.5 Å². The second-order valence-electron chi connectivity index (χ2n) is 7.19. The summed E-state index contributed by atoms with van der Waals surface area (Å²) in [5.41, 5.74) is -4.13. The molecule has 2 aromatic carbocycles. The smallest absolute Gasteiger partial charge is 0.371 e. The number of piperidine rings is 1. The molecule has 1 aliphatic heterocycles. The second kappa shape index (κ2) is 7.95. The molecule has 31 heavy (non-hydrogen) atoms. The quantitative estimate of drug-likeness (QED) is 0.537. The fraction of sp³-hybridized carbons (Fsp3) is 0.300. The van der Waals surface area contributed by atoms with E-state index in [1.165, 1.54) is 24.3 Å². The van der Waals surface area contributed by atoms with Gasteiger partial charge >= 0.3 is 5.51 Å². The Kier molecular flexibility index (Phi) is 5.46. The Hall–Kier alpha value is -2.95. The lowest BCUT2D eigenvalue weighted by Crippen LogP contribution is -2.34. The SMILES string of the molecule is O=S(=O)(c1ccc(N2CCCC(c3nc(-c4ccc(F)cc4)no3)C2)cc1)C(F)(F)F. The first-order chi connectivity index (χ1) is 14.6. The van der Waals surface area contributed by atoms with E-state index in [0.29, 0.717) is 36.1 Å². The van der Waals surface area contributed by atoms with Crippen molar-refractivity contribution in [1.82, 2.24) is 10.1 Å². The number of hydrogen-bond donors (Lipinski definition) is 0. The van der Waals surface area contributed by atoms with Crippen LogP contribution >= 0.6 is 0 Å². The van der Waals surface area contributed by atoms with Gasteiger partial charge < -0.3 is 9.42 Å². The summed E-state index contributed by atoms with van der Waals surface area (Å²) in [6.07, 6.45) is 1.56. The van der Waals surface area contributed by atoms with Gasteiger partial charge in [0, 0.05) is 24.3 Å². The van der Waals surface area contributed by atoms with E-state index in [-0.39, 0.29) is 11.7 Å². The van der Waals surface area contributed by atoms with E-state index < -0.39 is 20.2 Å². The number of benzene rings is 2. The van der Waals surface area contributed by atoms with Crippen LogP contribution in [-0.2, 0) is 9.84 Å². The average molecular weight is 455 g/mol. The number of hydrogen-bond acceptors (Lipinski definition) is 6. The lowest BCUT2D eigenvalue weighted by molar-refractivity contribution is -0.0436. The normalized spacial score (nSPS) is 17.7. The fourth-order valence-corrected chi connectivity index (χ4v) is 4.26. The fourth-order valence-electron chi connectivity index (χ4n) is 3.50. The summed E-state index contributed by atoms with van der Waals surface area (Å²) < 4.78 is 79.7. The molecule has 1 aliphatic rings. The lowest BCUT2D eigenvalue weighted by Gasteiger charge is -2.32. The van der Waals surface area contributed by atoms with E-state index in [1.54, 1.807) is 12.1 Å². The third-order valence-corrected chi connectivity index (χ3v) is 6.63. The maximum atomic E-state index is 13.1. The molecule has 0 bridgehead atoms. The lowest BCUT2D eigenvalue weighted by atomic mass is 9.97. The van der Waals surface area contributed by atoms with Crippen molar-refractivity contribution in [1.29, 1.82) is 0 Å². The van der Waals surface area contributed by atoms with E-state index in [4.69, 9.17) is 4.52 Å². The van der Waals surface area contributed by atoms with Crippen molar-refractivity contribution in [2.24, 2.45) is 0 Å². The highest BCUT2D eigenvalue weighted by atomic mass is 32.2.